The van der Waals surface area contributed by atoms with Crippen LogP contribution in [0.2, 0.25) is 0 Å². The minimum absolute atomic E-state index is 0.640. The largest absolute Gasteiger partial charge is 0.456 e. The predicted molar refractivity (Wildman–Crippen MR) is 258 cm³/mol. The number of nitrogens with zero attached hydrogens (tertiary/aromatic N) is 3. The van der Waals surface area contributed by atoms with E-state index in [0.29, 0.717) is 5.82 Å². The molecule has 12 aromatic rings. The monoisotopic (exact) mass is 807 g/mol. The van der Waals surface area contributed by atoms with E-state index >= 15 is 0 Å². The molecule has 0 radical (unpaired) electrons. The maximum atomic E-state index is 6.77. The van der Waals surface area contributed by atoms with Crippen LogP contribution < -0.4 is 4.90 Å². The normalized spacial score (nSPS) is 11.5. The zero-order chi connectivity index (χ0) is 41.7. The second kappa shape index (κ2) is 15.2. The first kappa shape index (κ1) is 36.3. The van der Waals surface area contributed by atoms with Gasteiger partial charge in [0.05, 0.1) is 11.4 Å². The maximum absolute atomic E-state index is 6.77. The van der Waals surface area contributed by atoms with E-state index in [1.165, 1.54) is 11.1 Å². The summed E-state index contributed by atoms with van der Waals surface area (Å²) in [5.41, 5.74) is 15.4. The van der Waals surface area contributed by atoms with Gasteiger partial charge in [0.15, 0.2) is 5.82 Å². The van der Waals surface area contributed by atoms with Gasteiger partial charge in [0.1, 0.15) is 22.3 Å². The van der Waals surface area contributed by atoms with Gasteiger partial charge >= 0.3 is 0 Å². The molecule has 5 heteroatoms. The number of hydrogen-bond acceptors (Lipinski definition) is 5. The number of hydrogen-bond donors (Lipinski definition) is 0. The highest BCUT2D eigenvalue weighted by molar-refractivity contribution is 6.13. The third-order valence-corrected chi connectivity index (χ3v) is 11.9. The summed E-state index contributed by atoms with van der Waals surface area (Å²) in [5.74, 6) is 0.640. The second-order valence-corrected chi connectivity index (χ2v) is 15.7. The van der Waals surface area contributed by atoms with Crippen LogP contribution in [0.15, 0.2) is 233 Å². The number of furan rings is 2. The van der Waals surface area contributed by atoms with Crippen LogP contribution in [0.5, 0.6) is 0 Å². The van der Waals surface area contributed by atoms with Crippen molar-refractivity contribution in [1.29, 1.82) is 0 Å². The van der Waals surface area contributed by atoms with Crippen LogP contribution in [-0.4, -0.2) is 9.97 Å². The second-order valence-electron chi connectivity index (χ2n) is 15.7. The average Bonchev–Trinajstić information content (AvgIpc) is 3.93. The van der Waals surface area contributed by atoms with Crippen LogP contribution in [-0.2, 0) is 0 Å². The first-order chi connectivity index (χ1) is 31.2. The summed E-state index contributed by atoms with van der Waals surface area (Å²) < 4.78 is 13.2. The quantitative estimate of drug-likeness (QED) is 0.153. The van der Waals surface area contributed by atoms with Crippen molar-refractivity contribution in [2.45, 2.75) is 0 Å². The lowest BCUT2D eigenvalue weighted by Gasteiger charge is -2.26. The van der Waals surface area contributed by atoms with Gasteiger partial charge in [-0.05, 0) is 76.9 Å². The molecule has 5 nitrogen and oxygen atoms in total. The van der Waals surface area contributed by atoms with Crippen molar-refractivity contribution in [3.8, 4) is 56.2 Å². The van der Waals surface area contributed by atoms with E-state index in [-0.39, 0.29) is 0 Å². The van der Waals surface area contributed by atoms with Gasteiger partial charge in [-0.15, -0.1) is 0 Å². The summed E-state index contributed by atoms with van der Waals surface area (Å²) in [4.78, 5) is 12.7. The van der Waals surface area contributed by atoms with Crippen LogP contribution >= 0.6 is 0 Å². The topological polar surface area (TPSA) is 55.3 Å². The molecule has 0 N–H and O–H groups in total. The molecular weight excluding hydrogens is 771 g/mol. The van der Waals surface area contributed by atoms with E-state index in [1.807, 2.05) is 60.7 Å². The Balaban J connectivity index is 1.03. The summed E-state index contributed by atoms with van der Waals surface area (Å²) in [6.45, 7) is 0. The Morgan fingerprint density at radius 2 is 0.778 bits per heavy atom. The Hall–Kier alpha value is -8.54. The van der Waals surface area contributed by atoms with Crippen molar-refractivity contribution < 1.29 is 8.83 Å². The minimum Gasteiger partial charge on any atom is -0.456 e. The number of fused-ring (bicyclic) bond motifs is 6. The van der Waals surface area contributed by atoms with Crippen molar-refractivity contribution in [3.05, 3.63) is 224 Å². The number of benzene rings is 9. The molecule has 9 aromatic carbocycles. The number of anilines is 3. The van der Waals surface area contributed by atoms with Crippen LogP contribution in [0.25, 0.3) is 100 Å². The molecule has 63 heavy (non-hydrogen) atoms. The molecule has 0 unspecified atom stereocenters. The Morgan fingerprint density at radius 1 is 0.302 bits per heavy atom. The highest BCUT2D eigenvalue weighted by Crippen LogP contribution is 2.44. The van der Waals surface area contributed by atoms with Gasteiger partial charge in [-0.2, -0.15) is 0 Å². The summed E-state index contributed by atoms with van der Waals surface area (Å²) in [6.07, 6.45) is 0. The van der Waals surface area contributed by atoms with E-state index in [4.69, 9.17) is 18.8 Å². The molecule has 0 saturated carbocycles. The number of rotatable bonds is 8. The van der Waals surface area contributed by atoms with Crippen molar-refractivity contribution in [3.63, 3.8) is 0 Å². The van der Waals surface area contributed by atoms with E-state index in [9.17, 15) is 0 Å². The van der Waals surface area contributed by atoms with Crippen LogP contribution in [0, 0.1) is 0 Å². The fourth-order valence-corrected chi connectivity index (χ4v) is 8.94. The van der Waals surface area contributed by atoms with Crippen molar-refractivity contribution in [1.82, 2.24) is 9.97 Å². The van der Waals surface area contributed by atoms with Crippen LogP contribution in [0.4, 0.5) is 17.1 Å². The van der Waals surface area contributed by atoms with Gasteiger partial charge in [0.25, 0.3) is 0 Å². The lowest BCUT2D eigenvalue weighted by molar-refractivity contribution is 0.669. The first-order valence-corrected chi connectivity index (χ1v) is 21.1. The molecule has 0 aliphatic carbocycles. The van der Waals surface area contributed by atoms with Crippen LogP contribution in [0.1, 0.15) is 0 Å². The zero-order valence-corrected chi connectivity index (χ0v) is 34.0. The fourth-order valence-electron chi connectivity index (χ4n) is 8.94. The van der Waals surface area contributed by atoms with Gasteiger partial charge in [-0.1, -0.05) is 158 Å². The summed E-state index contributed by atoms with van der Waals surface area (Å²) in [7, 11) is 0. The molecule has 3 heterocycles. The van der Waals surface area contributed by atoms with Gasteiger partial charge in [-0.3, -0.25) is 0 Å². The lowest BCUT2D eigenvalue weighted by atomic mass is 9.94. The van der Waals surface area contributed by atoms with E-state index in [1.54, 1.807) is 0 Å². The maximum Gasteiger partial charge on any atom is 0.161 e. The molecular formula is C58H37N3O2. The Morgan fingerprint density at radius 3 is 1.48 bits per heavy atom. The Bertz CT molecular complexity index is 3570. The Kier molecular flexibility index (Phi) is 8.75. The molecule has 3 aromatic heterocycles. The third-order valence-electron chi connectivity index (χ3n) is 11.9. The van der Waals surface area contributed by atoms with Crippen molar-refractivity contribution in [2.24, 2.45) is 0 Å². The first-order valence-electron chi connectivity index (χ1n) is 21.1. The average molecular weight is 808 g/mol. The van der Waals surface area contributed by atoms with E-state index in [2.05, 4.69) is 169 Å². The summed E-state index contributed by atoms with van der Waals surface area (Å²) >= 11 is 0. The van der Waals surface area contributed by atoms with E-state index < -0.39 is 0 Å². The highest BCUT2D eigenvalue weighted by atomic mass is 16.3. The predicted octanol–water partition coefficient (Wildman–Crippen LogP) is 16.1. The molecule has 0 bridgehead atoms. The minimum atomic E-state index is 0.640. The lowest BCUT2D eigenvalue weighted by Crippen LogP contribution is -2.10. The molecule has 0 aliphatic heterocycles. The van der Waals surface area contributed by atoms with Gasteiger partial charge in [0, 0.05) is 67.4 Å². The smallest absolute Gasteiger partial charge is 0.161 e. The zero-order valence-electron chi connectivity index (χ0n) is 34.0. The SMILES string of the molecule is c1ccc(-c2cc(-c3ccccc3)nc(-c3cccc4oc5cc(N(c6cccc(-c7ccccc7-c7ccccc7)c6)c6ccc7c(c6)oc6ccccc67)ccc5c34)n2)cc1. The molecule has 12 rings (SSSR count). The Labute approximate surface area is 363 Å². The molecule has 0 atom stereocenters. The van der Waals surface area contributed by atoms with Crippen molar-refractivity contribution in [2.75, 3.05) is 4.90 Å². The third kappa shape index (κ3) is 6.51. The standard InChI is InChI=1S/C58H37N3O2/c1-4-16-38(17-5-1)45-24-10-11-25-46(45)41-22-14-23-42(34-41)61(43-30-32-48-47-26-12-13-28-53(47)62-55(48)35-43)44-31-33-49-56(36-44)63-54-29-15-27-50(57(49)54)58-59-51(39-18-6-2-7-19-39)37-52(60-58)40-20-8-3-9-21-40/h1-37H. The van der Waals surface area contributed by atoms with Gasteiger partial charge in [-0.25, -0.2) is 9.97 Å². The fraction of sp³-hybridized carbons (Fsp3) is 0. The molecule has 0 saturated heterocycles. The number of para-hydroxylation sites is 1. The number of aromatic nitrogens is 2. The molecule has 0 spiro atoms. The molecule has 296 valence electrons. The summed E-state index contributed by atoms with van der Waals surface area (Å²) in [6, 6.07) is 77.9. The van der Waals surface area contributed by atoms with Gasteiger partial charge in [0.2, 0.25) is 0 Å². The molecule has 0 aliphatic rings. The van der Waals surface area contributed by atoms with Gasteiger partial charge < -0.3 is 13.7 Å². The van der Waals surface area contributed by atoms with E-state index in [0.717, 1.165) is 100 Å². The highest BCUT2D eigenvalue weighted by Gasteiger charge is 2.21. The van der Waals surface area contributed by atoms with Crippen molar-refractivity contribution >= 4 is 60.9 Å². The molecule has 0 fully saturated rings. The van der Waals surface area contributed by atoms with Crippen LogP contribution in [0.3, 0.4) is 0 Å². The molecule has 0 amide bonds. The summed E-state index contributed by atoms with van der Waals surface area (Å²) in [5, 5.41) is 4.13.